The molecule has 0 fully saturated rings. The highest BCUT2D eigenvalue weighted by molar-refractivity contribution is 6.76. The van der Waals surface area contributed by atoms with Crippen LogP contribution in [0.1, 0.15) is 19.4 Å². The van der Waals surface area contributed by atoms with E-state index in [0.717, 1.165) is 0 Å². The van der Waals surface area contributed by atoms with Crippen molar-refractivity contribution in [1.82, 2.24) is 0 Å². The van der Waals surface area contributed by atoms with Crippen molar-refractivity contribution in [1.29, 1.82) is 0 Å². The number of benzene rings is 1. The molecule has 17 heavy (non-hydrogen) atoms. The topological polar surface area (TPSA) is 9.23 Å². The molecule has 0 aromatic heterocycles. The van der Waals surface area contributed by atoms with Gasteiger partial charge in [0.15, 0.2) is 0 Å². The van der Waals surface area contributed by atoms with Crippen LogP contribution in [0.15, 0.2) is 48.2 Å². The Balaban J connectivity index is 2.52. The Morgan fingerprint density at radius 2 is 1.71 bits per heavy atom. The zero-order valence-electron chi connectivity index (χ0n) is 11.2. The minimum atomic E-state index is -1.64. The minimum absolute atomic E-state index is 0.305. The molecule has 0 saturated carbocycles. The molecule has 0 spiro atoms. The van der Waals surface area contributed by atoms with Gasteiger partial charge in [-0.25, -0.2) is 0 Å². The van der Waals surface area contributed by atoms with Crippen LogP contribution in [0.4, 0.5) is 0 Å². The van der Waals surface area contributed by atoms with Crippen LogP contribution in [-0.2, 0) is 4.43 Å². The lowest BCUT2D eigenvalue weighted by Crippen LogP contribution is -2.31. The Morgan fingerprint density at radius 3 is 2.29 bits per heavy atom. The van der Waals surface area contributed by atoms with Gasteiger partial charge in [-0.3, -0.25) is 0 Å². The number of hydrogen-bond acceptors (Lipinski definition) is 1. The Hall–Kier alpha value is -1.12. The van der Waals surface area contributed by atoms with E-state index in [-0.39, 0.29) is 0 Å². The van der Waals surface area contributed by atoms with Crippen LogP contribution in [0, 0.1) is 0 Å². The molecule has 0 aliphatic rings. The largest absolute Gasteiger partial charge is 0.411 e. The summed E-state index contributed by atoms with van der Waals surface area (Å²) in [5.41, 5.74) is 3.44. The van der Waals surface area contributed by atoms with E-state index in [1.165, 1.54) is 5.56 Å². The van der Waals surface area contributed by atoms with Crippen LogP contribution in [0.5, 0.6) is 0 Å². The first-order valence-corrected chi connectivity index (χ1v) is 9.07. The van der Waals surface area contributed by atoms with Crippen LogP contribution in [0.25, 0.3) is 6.08 Å². The van der Waals surface area contributed by atoms with Gasteiger partial charge in [0.2, 0.25) is 8.32 Å². The van der Waals surface area contributed by atoms with E-state index in [1.807, 2.05) is 18.2 Å². The quantitative estimate of drug-likeness (QED) is 0.552. The predicted molar refractivity (Wildman–Crippen MR) is 78.3 cm³/mol. The Kier molecular flexibility index (Phi) is 5.39. The molecular weight excluding hydrogens is 224 g/mol. The molecule has 0 aliphatic heterocycles. The van der Waals surface area contributed by atoms with Gasteiger partial charge in [0.1, 0.15) is 0 Å². The fourth-order valence-electron chi connectivity index (χ4n) is 1.66. The van der Waals surface area contributed by atoms with E-state index in [1.54, 1.807) is 0 Å². The second-order valence-electron chi connectivity index (χ2n) is 4.90. The highest BCUT2D eigenvalue weighted by Crippen LogP contribution is 2.10. The van der Waals surface area contributed by atoms with Crippen molar-refractivity contribution in [3.63, 3.8) is 0 Å². The molecule has 0 bridgehead atoms. The fourth-order valence-corrected chi connectivity index (χ4v) is 3.53. The second kappa shape index (κ2) is 6.57. The monoisotopic (exact) mass is 246 g/mol. The highest BCUT2D eigenvalue weighted by Gasteiger charge is 2.19. The molecule has 0 atom stereocenters. The number of allylic oxidation sites excluding steroid dienone is 2. The first-order chi connectivity index (χ1) is 7.99. The maximum atomic E-state index is 5.91. The SMILES string of the molecule is CC(C)O[Si](C)(C)/C=C/C=C/c1ccccc1. The van der Waals surface area contributed by atoms with Crippen LogP contribution in [0.2, 0.25) is 13.1 Å². The van der Waals surface area contributed by atoms with Gasteiger partial charge in [0, 0.05) is 6.10 Å². The summed E-state index contributed by atoms with van der Waals surface area (Å²) in [6, 6.07) is 10.3. The van der Waals surface area contributed by atoms with Gasteiger partial charge in [0.05, 0.1) is 0 Å². The molecule has 1 rings (SSSR count). The van der Waals surface area contributed by atoms with E-state index < -0.39 is 8.32 Å². The molecule has 0 aliphatic carbocycles. The summed E-state index contributed by atoms with van der Waals surface area (Å²) in [5, 5.41) is 0. The minimum Gasteiger partial charge on any atom is -0.411 e. The molecule has 0 amide bonds. The summed E-state index contributed by atoms with van der Waals surface area (Å²) in [6.45, 7) is 8.59. The van der Waals surface area contributed by atoms with Crippen LogP contribution >= 0.6 is 0 Å². The Morgan fingerprint density at radius 1 is 1.06 bits per heavy atom. The molecule has 92 valence electrons. The molecule has 2 heteroatoms. The van der Waals surface area contributed by atoms with Gasteiger partial charge >= 0.3 is 0 Å². The van der Waals surface area contributed by atoms with Gasteiger partial charge in [-0.2, -0.15) is 0 Å². The summed E-state index contributed by atoms with van der Waals surface area (Å²) >= 11 is 0. The van der Waals surface area contributed by atoms with Crippen LogP contribution in [0.3, 0.4) is 0 Å². The molecule has 0 unspecified atom stereocenters. The van der Waals surface area contributed by atoms with E-state index in [4.69, 9.17) is 4.43 Å². The molecule has 0 radical (unpaired) electrons. The molecule has 1 nitrogen and oxygen atoms in total. The standard InChI is InChI=1S/C15H22OSi/c1-14(2)16-17(3,4)13-9-8-12-15-10-6-5-7-11-15/h5-14H,1-4H3/b12-8+,13-9+. The fraction of sp³-hybridized carbons (Fsp3) is 0.333. The van der Waals surface area contributed by atoms with Crippen molar-refractivity contribution in [2.75, 3.05) is 0 Å². The molecule has 0 N–H and O–H groups in total. The van der Waals surface area contributed by atoms with Crippen molar-refractivity contribution in [3.8, 4) is 0 Å². The molecule has 0 saturated heterocycles. The third kappa shape index (κ3) is 6.24. The van der Waals surface area contributed by atoms with Gasteiger partial charge < -0.3 is 4.43 Å². The van der Waals surface area contributed by atoms with E-state index in [2.05, 4.69) is 63.0 Å². The van der Waals surface area contributed by atoms with Crippen molar-refractivity contribution >= 4 is 14.4 Å². The van der Waals surface area contributed by atoms with Crippen LogP contribution < -0.4 is 0 Å². The smallest absolute Gasteiger partial charge is 0.211 e. The second-order valence-corrected chi connectivity index (χ2v) is 8.67. The maximum absolute atomic E-state index is 5.91. The molecule has 1 aromatic rings. The Labute approximate surface area is 106 Å². The lowest BCUT2D eigenvalue weighted by molar-refractivity contribution is 0.238. The summed E-state index contributed by atoms with van der Waals surface area (Å²) in [6.07, 6.45) is 6.59. The van der Waals surface area contributed by atoms with Crippen molar-refractivity contribution in [2.24, 2.45) is 0 Å². The normalized spacial score (nSPS) is 13.0. The highest BCUT2D eigenvalue weighted by atomic mass is 28.4. The average molecular weight is 246 g/mol. The van der Waals surface area contributed by atoms with Gasteiger partial charge in [-0.15, -0.1) is 0 Å². The van der Waals surface area contributed by atoms with Crippen molar-refractivity contribution in [2.45, 2.75) is 33.0 Å². The number of hydrogen-bond donors (Lipinski definition) is 0. The first kappa shape index (κ1) is 13.9. The third-order valence-corrected chi connectivity index (χ3v) is 4.31. The van der Waals surface area contributed by atoms with Crippen molar-refractivity contribution < 1.29 is 4.43 Å². The van der Waals surface area contributed by atoms with E-state index >= 15 is 0 Å². The van der Waals surface area contributed by atoms with E-state index in [9.17, 15) is 0 Å². The summed E-state index contributed by atoms with van der Waals surface area (Å²) in [4.78, 5) is 0. The first-order valence-electron chi connectivity index (χ1n) is 6.08. The van der Waals surface area contributed by atoms with Crippen molar-refractivity contribution in [3.05, 3.63) is 53.7 Å². The Bertz CT molecular complexity index is 377. The zero-order chi connectivity index (χ0) is 12.7. The van der Waals surface area contributed by atoms with E-state index in [0.29, 0.717) is 6.10 Å². The van der Waals surface area contributed by atoms with Crippen LogP contribution in [-0.4, -0.2) is 14.4 Å². The zero-order valence-corrected chi connectivity index (χ0v) is 12.2. The summed E-state index contributed by atoms with van der Waals surface area (Å²) in [7, 11) is -1.64. The van der Waals surface area contributed by atoms with Gasteiger partial charge in [-0.1, -0.05) is 54.3 Å². The summed E-state index contributed by atoms with van der Waals surface area (Å²) in [5.74, 6) is 0. The summed E-state index contributed by atoms with van der Waals surface area (Å²) < 4.78 is 5.91. The maximum Gasteiger partial charge on any atom is 0.211 e. The lowest BCUT2D eigenvalue weighted by atomic mass is 10.2. The predicted octanol–water partition coefficient (Wildman–Crippen LogP) is 4.43. The lowest BCUT2D eigenvalue weighted by Gasteiger charge is -2.21. The average Bonchev–Trinajstić information content (AvgIpc) is 2.24. The number of rotatable bonds is 5. The third-order valence-electron chi connectivity index (χ3n) is 2.24. The molecular formula is C15H22OSi. The molecule has 0 heterocycles. The van der Waals surface area contributed by atoms with Gasteiger partial charge in [0.25, 0.3) is 0 Å². The van der Waals surface area contributed by atoms with Gasteiger partial charge in [-0.05, 0) is 32.5 Å². The molecule has 1 aromatic carbocycles.